The third-order valence-corrected chi connectivity index (χ3v) is 6.05. The first-order valence-corrected chi connectivity index (χ1v) is 10.3. The van der Waals surface area contributed by atoms with Gasteiger partial charge in [0.1, 0.15) is 0 Å². The molecule has 1 saturated heterocycles. The smallest absolute Gasteiger partial charge is 0.273 e. The van der Waals surface area contributed by atoms with Crippen LogP contribution >= 0.6 is 11.8 Å². The minimum Gasteiger partial charge on any atom is -0.287 e. The van der Waals surface area contributed by atoms with Crippen LogP contribution in [0.25, 0.3) is 0 Å². The van der Waals surface area contributed by atoms with E-state index in [2.05, 4.69) is 29.0 Å². The van der Waals surface area contributed by atoms with Crippen LogP contribution in [0.15, 0.2) is 42.6 Å². The van der Waals surface area contributed by atoms with E-state index in [1.54, 1.807) is 0 Å². The van der Waals surface area contributed by atoms with Crippen molar-refractivity contribution in [1.29, 1.82) is 0 Å². The zero-order valence-corrected chi connectivity index (χ0v) is 16.4. The van der Waals surface area contributed by atoms with Crippen LogP contribution in [-0.4, -0.2) is 34.1 Å². The molecule has 5 heteroatoms. The Hall–Kier alpha value is -2.14. The van der Waals surface area contributed by atoms with Gasteiger partial charge in [-0.15, -0.1) is 0 Å². The van der Waals surface area contributed by atoms with E-state index >= 15 is 0 Å². The number of nitrogen functional groups attached to an aromatic ring is 1. The molecule has 0 bridgehead atoms. The van der Waals surface area contributed by atoms with Gasteiger partial charge in [0.05, 0.1) is 23.1 Å². The van der Waals surface area contributed by atoms with Gasteiger partial charge in [0.15, 0.2) is 5.71 Å². The van der Waals surface area contributed by atoms with Gasteiger partial charge in [-0.2, -0.15) is 11.8 Å². The highest BCUT2D eigenvalue weighted by Gasteiger charge is 2.25. The van der Waals surface area contributed by atoms with E-state index in [1.807, 2.05) is 49.1 Å². The van der Waals surface area contributed by atoms with Gasteiger partial charge >= 0.3 is 0 Å². The Labute approximate surface area is 159 Å². The van der Waals surface area contributed by atoms with E-state index in [0.717, 1.165) is 41.2 Å². The first-order chi connectivity index (χ1) is 12.6. The number of rotatable bonds is 5. The molecule has 0 saturated carbocycles. The molecule has 1 aromatic heterocycles. The molecule has 4 nitrogen and oxygen atoms in total. The first kappa shape index (κ1) is 18.6. The molecule has 1 fully saturated rings. The average molecular weight is 369 g/mol. The standard InChI is InChI=1S/C21H26N4S/c1-14-13-16(7-10-24-14)15(2)20(22)18-5-3-4-6-19(18)21(23)25-17-8-11-26-12-9-17/h3-7,10,13,15,17,22H,8-9,11-12H2,1-2H3,(H2,23,25)/p+2. The van der Waals surface area contributed by atoms with E-state index in [-0.39, 0.29) is 5.92 Å². The fourth-order valence-corrected chi connectivity index (χ4v) is 4.47. The van der Waals surface area contributed by atoms with Crippen LogP contribution in [0.1, 0.15) is 48.1 Å². The molecular weight excluding hydrogens is 340 g/mol. The predicted molar refractivity (Wildman–Crippen MR) is 109 cm³/mol. The minimum atomic E-state index is 0.0942. The number of aryl methyl sites for hydroxylation is 1. The summed E-state index contributed by atoms with van der Waals surface area (Å²) in [5, 5.41) is 6.59. The summed E-state index contributed by atoms with van der Waals surface area (Å²) in [4.78, 5) is 7.80. The summed E-state index contributed by atoms with van der Waals surface area (Å²) in [5.74, 6) is 3.20. The first-order valence-electron chi connectivity index (χ1n) is 9.17. The van der Waals surface area contributed by atoms with Crippen LogP contribution in [0.3, 0.4) is 0 Å². The Bertz CT molecular complexity index is 809. The second-order valence-electron chi connectivity index (χ2n) is 6.90. The van der Waals surface area contributed by atoms with Crippen molar-refractivity contribution in [1.82, 2.24) is 4.98 Å². The number of amidine groups is 1. The summed E-state index contributed by atoms with van der Waals surface area (Å²) < 4.78 is 0. The number of hydrogen-bond acceptors (Lipinski definition) is 2. The minimum absolute atomic E-state index is 0.0942. The quantitative estimate of drug-likeness (QED) is 0.529. The molecular formula is C21H28N4S+2. The van der Waals surface area contributed by atoms with Gasteiger partial charge in [-0.05, 0) is 68.0 Å². The largest absolute Gasteiger partial charge is 0.287 e. The Kier molecular flexibility index (Phi) is 6.09. The van der Waals surface area contributed by atoms with Crippen molar-refractivity contribution in [2.24, 2.45) is 5.73 Å². The van der Waals surface area contributed by atoms with Crippen LogP contribution in [0, 0.1) is 6.92 Å². The van der Waals surface area contributed by atoms with Gasteiger partial charge in [-0.3, -0.25) is 21.1 Å². The molecule has 1 aliphatic rings. The predicted octanol–water partition coefficient (Wildman–Crippen LogP) is 0.423. The lowest BCUT2D eigenvalue weighted by molar-refractivity contribution is -0.504. The lowest BCUT2D eigenvalue weighted by Crippen LogP contribution is -2.82. The summed E-state index contributed by atoms with van der Waals surface area (Å²) in [6.07, 6.45) is 4.14. The van der Waals surface area contributed by atoms with Crippen molar-refractivity contribution in [2.45, 2.75) is 38.6 Å². The molecule has 5 N–H and O–H groups in total. The van der Waals surface area contributed by atoms with Crippen molar-refractivity contribution < 1.29 is 10.4 Å². The Balaban J connectivity index is 1.88. The molecule has 2 heterocycles. The number of nitrogens with zero attached hydrogens (tertiary/aromatic N) is 1. The Morgan fingerprint density at radius 1 is 1.23 bits per heavy atom. The van der Waals surface area contributed by atoms with E-state index in [1.165, 1.54) is 17.1 Å². The molecule has 2 aromatic rings. The fourth-order valence-electron chi connectivity index (χ4n) is 3.36. The van der Waals surface area contributed by atoms with Crippen LogP contribution in [-0.2, 0) is 0 Å². The SMILES string of the molecule is Cc1cc(C(C)C(=[NH2+])c2ccccc2C(N)=[NH+]C2CCSCC2)ccn1. The maximum absolute atomic E-state index is 6.59. The maximum atomic E-state index is 6.59. The molecule has 0 radical (unpaired) electrons. The topological polar surface area (TPSA) is 78.5 Å². The highest BCUT2D eigenvalue weighted by molar-refractivity contribution is 7.99. The molecule has 1 aliphatic heterocycles. The molecule has 0 spiro atoms. The van der Waals surface area contributed by atoms with Gasteiger partial charge in [-0.1, -0.05) is 12.1 Å². The molecule has 26 heavy (non-hydrogen) atoms. The monoisotopic (exact) mass is 368 g/mol. The van der Waals surface area contributed by atoms with Gasteiger partial charge in [0.25, 0.3) is 5.84 Å². The van der Waals surface area contributed by atoms with Crippen molar-refractivity contribution in [3.63, 3.8) is 0 Å². The number of nitrogens with one attached hydrogen (secondary N) is 1. The van der Waals surface area contributed by atoms with Gasteiger partial charge in [0.2, 0.25) is 0 Å². The molecule has 1 atom stereocenters. The second-order valence-corrected chi connectivity index (χ2v) is 8.12. The Morgan fingerprint density at radius 3 is 2.62 bits per heavy atom. The lowest BCUT2D eigenvalue weighted by Gasteiger charge is -2.16. The van der Waals surface area contributed by atoms with Crippen LogP contribution in [0.5, 0.6) is 0 Å². The van der Waals surface area contributed by atoms with Crippen molar-refractivity contribution in [3.05, 3.63) is 65.0 Å². The van der Waals surface area contributed by atoms with Crippen molar-refractivity contribution in [2.75, 3.05) is 11.5 Å². The van der Waals surface area contributed by atoms with Gasteiger partial charge < -0.3 is 0 Å². The summed E-state index contributed by atoms with van der Waals surface area (Å²) in [7, 11) is 0. The van der Waals surface area contributed by atoms with E-state index < -0.39 is 0 Å². The maximum Gasteiger partial charge on any atom is 0.273 e. The molecule has 136 valence electrons. The molecule has 1 unspecified atom stereocenters. The zero-order valence-electron chi connectivity index (χ0n) is 15.5. The van der Waals surface area contributed by atoms with Gasteiger partial charge in [-0.25, -0.2) is 0 Å². The number of nitrogens with two attached hydrogens (primary N) is 2. The van der Waals surface area contributed by atoms with Crippen LogP contribution in [0.2, 0.25) is 0 Å². The number of aromatic nitrogens is 1. The van der Waals surface area contributed by atoms with Crippen molar-refractivity contribution >= 4 is 23.3 Å². The van der Waals surface area contributed by atoms with E-state index in [4.69, 9.17) is 11.1 Å². The van der Waals surface area contributed by atoms with E-state index in [9.17, 15) is 0 Å². The highest BCUT2D eigenvalue weighted by Crippen LogP contribution is 2.21. The summed E-state index contributed by atoms with van der Waals surface area (Å²) in [6.45, 7) is 4.13. The fraction of sp³-hybridized carbons (Fsp3) is 0.381. The number of benzene rings is 1. The molecule has 0 aliphatic carbocycles. The summed E-state index contributed by atoms with van der Waals surface area (Å²) >= 11 is 2.01. The van der Waals surface area contributed by atoms with Crippen LogP contribution < -0.4 is 16.1 Å². The normalized spacial score (nSPS) is 17.1. The summed E-state index contributed by atoms with van der Waals surface area (Å²) in [5.41, 5.74) is 11.4. The Morgan fingerprint density at radius 2 is 1.92 bits per heavy atom. The number of hydrogen-bond donors (Lipinski definition) is 3. The molecule has 1 aromatic carbocycles. The third-order valence-electron chi connectivity index (χ3n) is 5.00. The lowest BCUT2D eigenvalue weighted by atomic mass is 9.89. The zero-order chi connectivity index (χ0) is 18.5. The van der Waals surface area contributed by atoms with E-state index in [0.29, 0.717) is 6.04 Å². The van der Waals surface area contributed by atoms with Gasteiger partial charge in [0, 0.05) is 11.9 Å². The molecule has 0 amide bonds. The number of pyridine rings is 1. The average Bonchev–Trinajstić information content (AvgIpc) is 2.67. The highest BCUT2D eigenvalue weighted by atomic mass is 32.2. The molecule has 3 rings (SSSR count). The van der Waals surface area contributed by atoms with Crippen LogP contribution in [0.4, 0.5) is 0 Å². The second kappa shape index (κ2) is 8.49. The summed E-state index contributed by atoms with van der Waals surface area (Å²) in [6, 6.07) is 12.7. The van der Waals surface area contributed by atoms with Crippen molar-refractivity contribution in [3.8, 4) is 0 Å². The third kappa shape index (κ3) is 4.33. The number of thioether (sulfide) groups is 1.